The fourth-order valence-electron chi connectivity index (χ4n) is 1.50. The van der Waals surface area contributed by atoms with Gasteiger partial charge in [-0.05, 0) is 6.42 Å². The number of ether oxygens (including phenoxy) is 1. The third-order valence-electron chi connectivity index (χ3n) is 2.95. The maximum absolute atomic E-state index is 11.7. The van der Waals surface area contributed by atoms with Crippen LogP contribution in [0.25, 0.3) is 0 Å². The first-order chi connectivity index (χ1) is 12.1. The summed E-state index contributed by atoms with van der Waals surface area (Å²) in [5.74, 6) is -2.53. The summed E-state index contributed by atoms with van der Waals surface area (Å²) in [4.78, 5) is 43.0. The third kappa shape index (κ3) is 11.9. The van der Waals surface area contributed by atoms with Crippen LogP contribution >= 0.6 is 7.82 Å². The van der Waals surface area contributed by atoms with Crippen LogP contribution in [0.4, 0.5) is 0 Å². The SMILES string of the molecule is CCCCC(=O)NC(COP(=O)(O)OCC(O)COC(=O)CC)C(=O)O. The van der Waals surface area contributed by atoms with Crippen molar-refractivity contribution >= 4 is 25.7 Å². The van der Waals surface area contributed by atoms with E-state index in [4.69, 9.17) is 5.11 Å². The lowest BCUT2D eigenvalue weighted by molar-refractivity contribution is -0.146. The van der Waals surface area contributed by atoms with Crippen LogP contribution in [0.1, 0.15) is 39.5 Å². The van der Waals surface area contributed by atoms with Gasteiger partial charge in [-0.1, -0.05) is 20.3 Å². The number of nitrogens with one attached hydrogen (secondary N) is 1. The van der Waals surface area contributed by atoms with E-state index >= 15 is 0 Å². The molecule has 0 aromatic heterocycles. The number of phosphoric ester groups is 1. The van der Waals surface area contributed by atoms with Gasteiger partial charge in [0.1, 0.15) is 12.7 Å². The van der Waals surface area contributed by atoms with Crippen molar-refractivity contribution in [1.29, 1.82) is 0 Å². The summed E-state index contributed by atoms with van der Waals surface area (Å²) < 4.78 is 25.3. The van der Waals surface area contributed by atoms with Crippen molar-refractivity contribution in [2.45, 2.75) is 51.7 Å². The minimum atomic E-state index is -4.67. The molecule has 0 aliphatic heterocycles. The number of aliphatic hydroxyl groups excluding tert-OH is 1. The quantitative estimate of drug-likeness (QED) is 0.234. The summed E-state index contributed by atoms with van der Waals surface area (Å²) in [5, 5.41) is 20.7. The Labute approximate surface area is 151 Å². The van der Waals surface area contributed by atoms with Crippen LogP contribution in [-0.2, 0) is 32.7 Å². The zero-order valence-corrected chi connectivity index (χ0v) is 15.6. The van der Waals surface area contributed by atoms with E-state index in [2.05, 4.69) is 19.1 Å². The molecule has 1 amide bonds. The molecule has 152 valence electrons. The fourth-order valence-corrected chi connectivity index (χ4v) is 2.28. The van der Waals surface area contributed by atoms with Crippen LogP contribution in [0.3, 0.4) is 0 Å². The largest absolute Gasteiger partial charge is 0.480 e. The molecule has 0 aromatic carbocycles. The van der Waals surface area contributed by atoms with Gasteiger partial charge in [0, 0.05) is 12.8 Å². The maximum Gasteiger partial charge on any atom is 0.472 e. The minimum absolute atomic E-state index is 0.107. The monoisotopic (exact) mass is 399 g/mol. The number of unbranched alkanes of at least 4 members (excludes halogenated alkanes) is 1. The lowest BCUT2D eigenvalue weighted by atomic mass is 10.2. The Bertz CT molecular complexity index is 512. The number of carbonyl (C=O) groups excluding carboxylic acids is 2. The lowest BCUT2D eigenvalue weighted by Crippen LogP contribution is -2.43. The summed E-state index contributed by atoms with van der Waals surface area (Å²) in [6.45, 7) is 1.51. The van der Waals surface area contributed by atoms with Gasteiger partial charge < -0.3 is 25.2 Å². The van der Waals surface area contributed by atoms with Gasteiger partial charge in [0.15, 0.2) is 6.04 Å². The van der Waals surface area contributed by atoms with Gasteiger partial charge in [-0.15, -0.1) is 0 Å². The van der Waals surface area contributed by atoms with Crippen molar-refractivity contribution < 1.29 is 47.8 Å². The molecule has 0 fully saturated rings. The number of hydrogen-bond donors (Lipinski definition) is 4. The van der Waals surface area contributed by atoms with Crippen LogP contribution in [0.15, 0.2) is 0 Å². The molecule has 0 heterocycles. The molecule has 11 nitrogen and oxygen atoms in total. The molecule has 0 bridgehead atoms. The van der Waals surface area contributed by atoms with Crippen molar-refractivity contribution in [2.75, 3.05) is 19.8 Å². The van der Waals surface area contributed by atoms with Crippen LogP contribution in [0.2, 0.25) is 0 Å². The highest BCUT2D eigenvalue weighted by Crippen LogP contribution is 2.43. The Morgan fingerprint density at radius 1 is 1.12 bits per heavy atom. The van der Waals surface area contributed by atoms with Crippen LogP contribution < -0.4 is 5.32 Å². The van der Waals surface area contributed by atoms with Crippen molar-refractivity contribution in [3.63, 3.8) is 0 Å². The second-order valence-electron chi connectivity index (χ2n) is 5.31. The molecule has 0 radical (unpaired) electrons. The summed E-state index contributed by atoms with van der Waals surface area (Å²) >= 11 is 0. The van der Waals surface area contributed by atoms with Crippen LogP contribution in [-0.4, -0.2) is 64.9 Å². The minimum Gasteiger partial charge on any atom is -0.480 e. The van der Waals surface area contributed by atoms with E-state index in [0.29, 0.717) is 6.42 Å². The summed E-state index contributed by atoms with van der Waals surface area (Å²) in [6, 6.07) is -1.53. The third-order valence-corrected chi connectivity index (χ3v) is 3.90. The average molecular weight is 399 g/mol. The number of hydrogen-bond acceptors (Lipinski definition) is 8. The topological polar surface area (TPSA) is 169 Å². The van der Waals surface area contributed by atoms with Gasteiger partial charge >= 0.3 is 19.8 Å². The standard InChI is InChI=1S/C14H26NO10P/c1-3-5-6-12(17)15-11(14(19)20)9-25-26(21,22)24-8-10(16)7-23-13(18)4-2/h10-11,16H,3-9H2,1-2H3,(H,15,17)(H,19,20)(H,21,22). The molecular weight excluding hydrogens is 373 g/mol. The first kappa shape index (κ1) is 24.5. The molecule has 0 saturated heterocycles. The number of carbonyl (C=O) groups is 3. The molecule has 3 unspecified atom stereocenters. The van der Waals surface area contributed by atoms with E-state index < -0.39 is 57.6 Å². The van der Waals surface area contributed by atoms with Crippen LogP contribution in [0, 0.1) is 0 Å². The second kappa shape index (κ2) is 12.8. The average Bonchev–Trinajstić information content (AvgIpc) is 2.59. The van der Waals surface area contributed by atoms with Gasteiger partial charge in [-0.3, -0.25) is 18.6 Å². The van der Waals surface area contributed by atoms with Crippen molar-refractivity contribution in [3.8, 4) is 0 Å². The molecule has 26 heavy (non-hydrogen) atoms. The maximum atomic E-state index is 11.7. The predicted molar refractivity (Wildman–Crippen MR) is 88.1 cm³/mol. The van der Waals surface area contributed by atoms with E-state index in [1.54, 1.807) is 6.92 Å². The molecule has 0 aliphatic rings. The molecule has 0 spiro atoms. The number of esters is 1. The fraction of sp³-hybridized carbons (Fsp3) is 0.786. The summed E-state index contributed by atoms with van der Waals surface area (Å²) in [6.07, 6.45) is 0.184. The first-order valence-corrected chi connectivity index (χ1v) is 9.58. The highest BCUT2D eigenvalue weighted by molar-refractivity contribution is 7.47. The Morgan fingerprint density at radius 3 is 2.27 bits per heavy atom. The predicted octanol–water partition coefficient (Wildman–Crippen LogP) is 0.194. The number of rotatable bonds is 14. The summed E-state index contributed by atoms with van der Waals surface area (Å²) in [7, 11) is -4.67. The zero-order chi connectivity index (χ0) is 20.2. The van der Waals surface area contributed by atoms with Gasteiger partial charge in [0.25, 0.3) is 0 Å². The Balaban J connectivity index is 4.35. The van der Waals surface area contributed by atoms with Gasteiger partial charge in [0.2, 0.25) is 5.91 Å². The molecular formula is C14H26NO10P. The van der Waals surface area contributed by atoms with E-state index in [0.717, 1.165) is 6.42 Å². The molecule has 12 heteroatoms. The van der Waals surface area contributed by atoms with E-state index in [9.17, 15) is 28.9 Å². The van der Waals surface area contributed by atoms with Crippen molar-refractivity contribution in [1.82, 2.24) is 5.32 Å². The molecule has 0 rings (SSSR count). The number of aliphatic hydroxyl groups is 1. The van der Waals surface area contributed by atoms with Crippen molar-refractivity contribution in [3.05, 3.63) is 0 Å². The summed E-state index contributed by atoms with van der Waals surface area (Å²) in [5.41, 5.74) is 0. The van der Waals surface area contributed by atoms with Gasteiger partial charge in [0.05, 0.1) is 13.2 Å². The molecule has 4 N–H and O–H groups in total. The second-order valence-corrected chi connectivity index (χ2v) is 6.77. The van der Waals surface area contributed by atoms with Gasteiger partial charge in [-0.25, -0.2) is 9.36 Å². The number of aliphatic carboxylic acids is 1. The van der Waals surface area contributed by atoms with E-state index in [1.165, 1.54) is 0 Å². The van der Waals surface area contributed by atoms with Crippen molar-refractivity contribution in [2.24, 2.45) is 0 Å². The number of carboxylic acid groups (broad SMARTS) is 1. The molecule has 0 aliphatic carbocycles. The number of carboxylic acids is 1. The highest BCUT2D eigenvalue weighted by Gasteiger charge is 2.28. The molecule has 0 aromatic rings. The molecule has 0 saturated carbocycles. The van der Waals surface area contributed by atoms with E-state index in [-0.39, 0.29) is 12.8 Å². The first-order valence-electron chi connectivity index (χ1n) is 8.09. The zero-order valence-electron chi connectivity index (χ0n) is 14.8. The Morgan fingerprint density at radius 2 is 1.73 bits per heavy atom. The van der Waals surface area contributed by atoms with E-state index in [1.807, 2.05) is 6.92 Å². The van der Waals surface area contributed by atoms with Gasteiger partial charge in [-0.2, -0.15) is 0 Å². The lowest BCUT2D eigenvalue weighted by Gasteiger charge is -2.18. The smallest absolute Gasteiger partial charge is 0.472 e. The normalized spacial score (nSPS) is 15.5. The Kier molecular flexibility index (Phi) is 12.0. The Hall–Kier alpha value is -1.52. The van der Waals surface area contributed by atoms with Crippen LogP contribution in [0.5, 0.6) is 0 Å². The molecule has 3 atom stereocenters. The highest BCUT2D eigenvalue weighted by atomic mass is 31.2. The number of phosphoric acid groups is 1. The number of amides is 1.